The molecular formula is C15H29N3O3. The van der Waals surface area contributed by atoms with E-state index in [2.05, 4.69) is 22.6 Å². The van der Waals surface area contributed by atoms with E-state index < -0.39 is 5.97 Å². The number of amides is 2. The van der Waals surface area contributed by atoms with Crippen LogP contribution in [-0.4, -0.2) is 54.7 Å². The molecule has 21 heavy (non-hydrogen) atoms. The molecule has 6 heteroatoms. The summed E-state index contributed by atoms with van der Waals surface area (Å²) in [7, 11) is 2.09. The number of nitrogens with one attached hydrogen (secondary N) is 2. The van der Waals surface area contributed by atoms with E-state index in [4.69, 9.17) is 5.11 Å². The van der Waals surface area contributed by atoms with Gasteiger partial charge in [-0.05, 0) is 44.7 Å². The molecule has 1 aliphatic rings. The summed E-state index contributed by atoms with van der Waals surface area (Å²) in [5, 5.41) is 14.5. The van der Waals surface area contributed by atoms with Crippen molar-refractivity contribution >= 4 is 12.0 Å². The van der Waals surface area contributed by atoms with Gasteiger partial charge in [0.2, 0.25) is 0 Å². The summed E-state index contributed by atoms with van der Waals surface area (Å²) in [4.78, 5) is 24.6. The van der Waals surface area contributed by atoms with Crippen LogP contribution in [0.4, 0.5) is 4.79 Å². The average molecular weight is 299 g/mol. The Labute approximate surface area is 127 Å². The fourth-order valence-corrected chi connectivity index (χ4v) is 2.59. The molecule has 1 aliphatic heterocycles. The summed E-state index contributed by atoms with van der Waals surface area (Å²) in [6.07, 6.45) is 3.91. The Balaban J connectivity index is 2.13. The maximum Gasteiger partial charge on any atom is 0.314 e. The van der Waals surface area contributed by atoms with Crippen molar-refractivity contribution in [3.8, 4) is 0 Å². The standard InChI is InChI=1S/C15H29N3O3/c1-15(2,7-6-13(19)20)8-9-16-14(21)17-11-12-5-4-10-18(12)3/h12H,4-11H2,1-3H3,(H,19,20)(H2,16,17,21). The molecule has 1 rings (SSSR count). The van der Waals surface area contributed by atoms with Crippen molar-refractivity contribution in [3.63, 3.8) is 0 Å². The number of carbonyl (C=O) groups is 2. The van der Waals surface area contributed by atoms with Crippen molar-refractivity contribution in [1.29, 1.82) is 0 Å². The van der Waals surface area contributed by atoms with Gasteiger partial charge < -0.3 is 20.6 Å². The van der Waals surface area contributed by atoms with Gasteiger partial charge >= 0.3 is 12.0 Å². The predicted octanol–water partition coefficient (Wildman–Crippen LogP) is 1.66. The van der Waals surface area contributed by atoms with Crippen LogP contribution in [0.5, 0.6) is 0 Å². The number of hydrogen-bond acceptors (Lipinski definition) is 3. The normalized spacial score (nSPS) is 19.5. The van der Waals surface area contributed by atoms with Gasteiger partial charge in [0, 0.05) is 25.6 Å². The number of likely N-dealkylation sites (N-methyl/N-ethyl adjacent to an activating group) is 1. The zero-order chi connectivity index (χ0) is 15.9. The first kappa shape index (κ1) is 17.8. The van der Waals surface area contributed by atoms with E-state index in [0.717, 1.165) is 19.4 Å². The number of nitrogens with zero attached hydrogens (tertiary/aromatic N) is 1. The molecule has 1 saturated heterocycles. The second-order valence-corrected chi connectivity index (χ2v) is 6.72. The van der Waals surface area contributed by atoms with Crippen LogP contribution in [0.2, 0.25) is 0 Å². The van der Waals surface area contributed by atoms with Crippen LogP contribution < -0.4 is 10.6 Å². The Bertz CT molecular complexity index is 358. The van der Waals surface area contributed by atoms with Gasteiger partial charge in [0.15, 0.2) is 0 Å². The molecule has 1 unspecified atom stereocenters. The molecule has 6 nitrogen and oxygen atoms in total. The molecule has 0 spiro atoms. The first-order valence-corrected chi connectivity index (χ1v) is 7.74. The number of carbonyl (C=O) groups excluding carboxylic acids is 1. The Kier molecular flexibility index (Phi) is 6.95. The number of carboxylic acids is 1. The molecule has 3 N–H and O–H groups in total. The average Bonchev–Trinajstić information content (AvgIpc) is 2.79. The third kappa shape index (κ3) is 7.32. The number of hydrogen-bond donors (Lipinski definition) is 3. The second-order valence-electron chi connectivity index (χ2n) is 6.72. The van der Waals surface area contributed by atoms with E-state index in [-0.39, 0.29) is 17.9 Å². The van der Waals surface area contributed by atoms with E-state index in [9.17, 15) is 9.59 Å². The highest BCUT2D eigenvalue weighted by Crippen LogP contribution is 2.25. The zero-order valence-corrected chi connectivity index (χ0v) is 13.4. The fraction of sp³-hybridized carbons (Fsp3) is 0.867. The highest BCUT2D eigenvalue weighted by Gasteiger charge is 2.21. The smallest absolute Gasteiger partial charge is 0.314 e. The van der Waals surface area contributed by atoms with Gasteiger partial charge in [-0.3, -0.25) is 4.79 Å². The van der Waals surface area contributed by atoms with Gasteiger partial charge in [-0.2, -0.15) is 0 Å². The van der Waals surface area contributed by atoms with Crippen LogP contribution in [0.3, 0.4) is 0 Å². The molecule has 0 bridgehead atoms. The zero-order valence-electron chi connectivity index (χ0n) is 13.4. The van der Waals surface area contributed by atoms with Crippen LogP contribution in [-0.2, 0) is 4.79 Å². The lowest BCUT2D eigenvalue weighted by molar-refractivity contribution is -0.137. The van der Waals surface area contributed by atoms with Gasteiger partial charge in [-0.25, -0.2) is 4.79 Å². The molecule has 2 amide bonds. The van der Waals surface area contributed by atoms with E-state index in [1.807, 2.05) is 13.8 Å². The molecule has 122 valence electrons. The minimum absolute atomic E-state index is 0.0721. The van der Waals surface area contributed by atoms with Crippen molar-refractivity contribution in [2.75, 3.05) is 26.7 Å². The van der Waals surface area contributed by atoms with Gasteiger partial charge in [0.1, 0.15) is 0 Å². The van der Waals surface area contributed by atoms with Crippen LogP contribution in [0.1, 0.15) is 46.0 Å². The molecule has 0 saturated carbocycles. The second kappa shape index (κ2) is 8.22. The fourth-order valence-electron chi connectivity index (χ4n) is 2.59. The number of likely N-dealkylation sites (tertiary alicyclic amines) is 1. The molecular weight excluding hydrogens is 270 g/mol. The van der Waals surface area contributed by atoms with E-state index in [1.165, 1.54) is 6.42 Å². The SMILES string of the molecule is CN1CCCC1CNC(=O)NCCC(C)(C)CCC(=O)O. The molecule has 0 aromatic heterocycles. The summed E-state index contributed by atoms with van der Waals surface area (Å²) in [6, 6.07) is 0.312. The summed E-state index contributed by atoms with van der Waals surface area (Å²) in [5.74, 6) is -0.769. The summed E-state index contributed by atoms with van der Waals surface area (Å²) in [5.41, 5.74) is -0.0721. The molecule has 1 atom stereocenters. The van der Waals surface area contributed by atoms with Crippen LogP contribution in [0, 0.1) is 5.41 Å². The first-order chi connectivity index (χ1) is 9.80. The predicted molar refractivity (Wildman–Crippen MR) is 82.3 cm³/mol. The van der Waals surface area contributed by atoms with Crippen molar-refractivity contribution < 1.29 is 14.7 Å². The molecule has 0 radical (unpaired) electrons. The number of aliphatic carboxylic acids is 1. The molecule has 0 aromatic carbocycles. The summed E-state index contributed by atoms with van der Waals surface area (Å²) < 4.78 is 0. The minimum atomic E-state index is -0.769. The van der Waals surface area contributed by atoms with Crippen LogP contribution >= 0.6 is 0 Å². The van der Waals surface area contributed by atoms with Crippen LogP contribution in [0.15, 0.2) is 0 Å². The van der Waals surface area contributed by atoms with Gasteiger partial charge in [-0.1, -0.05) is 13.8 Å². The Morgan fingerprint density at radius 1 is 1.29 bits per heavy atom. The van der Waals surface area contributed by atoms with Gasteiger partial charge in [0.05, 0.1) is 0 Å². The van der Waals surface area contributed by atoms with Gasteiger partial charge in [0.25, 0.3) is 0 Å². The Morgan fingerprint density at radius 3 is 2.57 bits per heavy atom. The van der Waals surface area contributed by atoms with Crippen molar-refractivity contribution in [2.45, 2.75) is 52.0 Å². The number of carboxylic acid groups (broad SMARTS) is 1. The maximum absolute atomic E-state index is 11.7. The minimum Gasteiger partial charge on any atom is -0.481 e. The quantitative estimate of drug-likeness (QED) is 0.636. The topological polar surface area (TPSA) is 81.7 Å². The van der Waals surface area contributed by atoms with Crippen molar-refractivity contribution in [2.24, 2.45) is 5.41 Å². The third-order valence-electron chi connectivity index (χ3n) is 4.27. The summed E-state index contributed by atoms with van der Waals surface area (Å²) in [6.45, 7) is 6.42. The first-order valence-electron chi connectivity index (χ1n) is 7.74. The molecule has 1 fully saturated rings. The summed E-state index contributed by atoms with van der Waals surface area (Å²) >= 11 is 0. The molecule has 0 aliphatic carbocycles. The largest absolute Gasteiger partial charge is 0.481 e. The number of urea groups is 1. The monoisotopic (exact) mass is 299 g/mol. The highest BCUT2D eigenvalue weighted by molar-refractivity contribution is 5.73. The lowest BCUT2D eigenvalue weighted by atomic mass is 9.84. The maximum atomic E-state index is 11.7. The lowest BCUT2D eigenvalue weighted by Crippen LogP contribution is -2.43. The van der Waals surface area contributed by atoms with E-state index >= 15 is 0 Å². The molecule has 0 aromatic rings. The number of rotatable bonds is 8. The Hall–Kier alpha value is -1.30. The highest BCUT2D eigenvalue weighted by atomic mass is 16.4. The molecule has 1 heterocycles. The van der Waals surface area contributed by atoms with Crippen molar-refractivity contribution in [1.82, 2.24) is 15.5 Å². The van der Waals surface area contributed by atoms with Crippen molar-refractivity contribution in [3.05, 3.63) is 0 Å². The van der Waals surface area contributed by atoms with Crippen LogP contribution in [0.25, 0.3) is 0 Å². The third-order valence-corrected chi connectivity index (χ3v) is 4.27. The van der Waals surface area contributed by atoms with E-state index in [1.54, 1.807) is 0 Å². The lowest BCUT2D eigenvalue weighted by Gasteiger charge is -2.24. The van der Waals surface area contributed by atoms with E-state index in [0.29, 0.717) is 25.6 Å². The Morgan fingerprint density at radius 2 is 2.00 bits per heavy atom. The van der Waals surface area contributed by atoms with Gasteiger partial charge in [-0.15, -0.1) is 0 Å².